The van der Waals surface area contributed by atoms with Crippen molar-refractivity contribution in [3.63, 3.8) is 0 Å². The van der Waals surface area contributed by atoms with Crippen molar-refractivity contribution in [3.8, 4) is 5.75 Å². The van der Waals surface area contributed by atoms with Crippen LogP contribution in [0.15, 0.2) is 65.3 Å². The van der Waals surface area contributed by atoms with E-state index in [4.69, 9.17) is 4.74 Å². The monoisotopic (exact) mass is 417 g/mol. The molecule has 0 spiro atoms. The van der Waals surface area contributed by atoms with Crippen molar-refractivity contribution >= 4 is 27.7 Å². The minimum Gasteiger partial charge on any atom is -0.481 e. The van der Waals surface area contributed by atoms with Crippen molar-refractivity contribution in [2.24, 2.45) is 0 Å². The number of aromatic nitrogens is 2. The highest BCUT2D eigenvalue weighted by Crippen LogP contribution is 2.17. The lowest BCUT2D eigenvalue weighted by Crippen LogP contribution is -2.30. The highest BCUT2D eigenvalue weighted by Gasteiger charge is 2.16. The predicted octanol–water partition coefficient (Wildman–Crippen LogP) is 4.24. The SMILES string of the molecule is C[C@@H](Oc1ccc(Br)cc1)C(=O)Nc1ccn(Cc2ccc(F)cc2)n1. The summed E-state index contributed by atoms with van der Waals surface area (Å²) in [5.74, 6) is 0.475. The molecule has 1 amide bonds. The van der Waals surface area contributed by atoms with Gasteiger partial charge in [-0.2, -0.15) is 5.10 Å². The van der Waals surface area contributed by atoms with Gasteiger partial charge in [0.1, 0.15) is 11.6 Å². The topological polar surface area (TPSA) is 56.1 Å². The summed E-state index contributed by atoms with van der Waals surface area (Å²) < 4.78 is 21.2. The molecular weight excluding hydrogens is 401 g/mol. The second kappa shape index (κ2) is 8.14. The molecule has 2 aromatic carbocycles. The molecule has 0 unspecified atom stereocenters. The molecule has 7 heteroatoms. The minimum absolute atomic E-state index is 0.276. The van der Waals surface area contributed by atoms with E-state index in [-0.39, 0.29) is 11.7 Å². The summed E-state index contributed by atoms with van der Waals surface area (Å²) in [6.07, 6.45) is 1.08. The Bertz CT molecular complexity index is 879. The third kappa shape index (κ3) is 4.92. The number of ether oxygens (including phenoxy) is 1. The van der Waals surface area contributed by atoms with Gasteiger partial charge in [-0.15, -0.1) is 0 Å². The standard InChI is InChI=1S/C19H17BrFN3O2/c1-13(26-17-8-4-15(20)5-9-17)19(25)22-18-10-11-24(23-18)12-14-2-6-16(21)7-3-14/h2-11,13H,12H2,1H3,(H,22,23,25)/t13-/m1/s1. The van der Waals surface area contributed by atoms with Crippen LogP contribution < -0.4 is 10.1 Å². The number of halogens is 2. The van der Waals surface area contributed by atoms with Gasteiger partial charge in [-0.3, -0.25) is 9.48 Å². The van der Waals surface area contributed by atoms with E-state index < -0.39 is 6.10 Å². The fourth-order valence-electron chi connectivity index (χ4n) is 2.29. The van der Waals surface area contributed by atoms with Crippen LogP contribution in [-0.4, -0.2) is 21.8 Å². The normalized spacial score (nSPS) is 11.8. The van der Waals surface area contributed by atoms with Gasteiger partial charge in [-0.25, -0.2) is 4.39 Å². The van der Waals surface area contributed by atoms with Crippen LogP contribution in [-0.2, 0) is 11.3 Å². The quantitative estimate of drug-likeness (QED) is 0.652. The van der Waals surface area contributed by atoms with E-state index in [2.05, 4.69) is 26.3 Å². The van der Waals surface area contributed by atoms with Crippen molar-refractivity contribution in [2.75, 3.05) is 5.32 Å². The number of amides is 1. The number of nitrogens with one attached hydrogen (secondary N) is 1. The van der Waals surface area contributed by atoms with Gasteiger partial charge in [0.25, 0.3) is 5.91 Å². The number of benzene rings is 2. The molecule has 1 atom stereocenters. The van der Waals surface area contributed by atoms with Crippen molar-refractivity contribution in [1.29, 1.82) is 0 Å². The van der Waals surface area contributed by atoms with E-state index in [0.717, 1.165) is 10.0 Å². The number of hydrogen-bond acceptors (Lipinski definition) is 3. The first-order valence-corrected chi connectivity index (χ1v) is 8.80. The van der Waals surface area contributed by atoms with Gasteiger partial charge in [0.05, 0.1) is 6.54 Å². The summed E-state index contributed by atoms with van der Waals surface area (Å²) in [4.78, 5) is 12.3. The van der Waals surface area contributed by atoms with Gasteiger partial charge in [0.15, 0.2) is 11.9 Å². The summed E-state index contributed by atoms with van der Waals surface area (Å²) in [6, 6.07) is 15.2. The molecule has 0 aliphatic carbocycles. The summed E-state index contributed by atoms with van der Waals surface area (Å²) in [6.45, 7) is 2.16. The maximum atomic E-state index is 12.9. The van der Waals surface area contributed by atoms with Crippen LogP contribution in [0.3, 0.4) is 0 Å². The van der Waals surface area contributed by atoms with Crippen LogP contribution in [0.25, 0.3) is 0 Å². The molecule has 0 aliphatic heterocycles. The third-order valence-corrected chi connectivity index (χ3v) is 4.17. The van der Waals surface area contributed by atoms with Gasteiger partial charge >= 0.3 is 0 Å². The lowest BCUT2D eigenvalue weighted by molar-refractivity contribution is -0.122. The van der Waals surface area contributed by atoms with Gasteiger partial charge in [-0.1, -0.05) is 28.1 Å². The third-order valence-electron chi connectivity index (χ3n) is 3.65. The molecule has 3 aromatic rings. The van der Waals surface area contributed by atoms with Crippen molar-refractivity contribution in [3.05, 3.63) is 76.6 Å². The second-order valence-corrected chi connectivity index (χ2v) is 6.64. The zero-order chi connectivity index (χ0) is 18.5. The Morgan fingerprint density at radius 2 is 1.88 bits per heavy atom. The number of rotatable bonds is 6. The lowest BCUT2D eigenvalue weighted by atomic mass is 10.2. The molecular formula is C19H17BrFN3O2. The fraction of sp³-hybridized carbons (Fsp3) is 0.158. The number of carbonyl (C=O) groups is 1. The Kier molecular flexibility index (Phi) is 5.68. The van der Waals surface area contributed by atoms with Gasteiger partial charge in [0, 0.05) is 16.7 Å². The summed E-state index contributed by atoms with van der Waals surface area (Å²) in [5, 5.41) is 7.02. The molecule has 0 bridgehead atoms. The molecule has 0 saturated carbocycles. The van der Waals surface area contributed by atoms with Crippen LogP contribution in [0.4, 0.5) is 10.2 Å². The Labute approximate surface area is 158 Å². The van der Waals surface area contributed by atoms with E-state index in [1.807, 2.05) is 12.1 Å². The first-order chi connectivity index (χ1) is 12.5. The van der Waals surface area contributed by atoms with Crippen LogP contribution in [0.1, 0.15) is 12.5 Å². The average Bonchev–Trinajstić information content (AvgIpc) is 3.06. The molecule has 1 aromatic heterocycles. The van der Waals surface area contributed by atoms with Crippen LogP contribution in [0.2, 0.25) is 0 Å². The molecule has 3 rings (SSSR count). The van der Waals surface area contributed by atoms with Crippen LogP contribution in [0.5, 0.6) is 5.75 Å². The minimum atomic E-state index is -0.668. The lowest BCUT2D eigenvalue weighted by Gasteiger charge is -2.13. The average molecular weight is 418 g/mol. The largest absolute Gasteiger partial charge is 0.481 e. The Balaban J connectivity index is 1.56. The summed E-state index contributed by atoms with van der Waals surface area (Å²) in [5.41, 5.74) is 0.916. The van der Waals surface area contributed by atoms with E-state index in [1.54, 1.807) is 48.1 Å². The highest BCUT2D eigenvalue weighted by atomic mass is 79.9. The number of hydrogen-bond donors (Lipinski definition) is 1. The molecule has 0 radical (unpaired) electrons. The fourth-order valence-corrected chi connectivity index (χ4v) is 2.56. The van der Waals surface area contributed by atoms with E-state index in [9.17, 15) is 9.18 Å². The predicted molar refractivity (Wildman–Crippen MR) is 101 cm³/mol. The van der Waals surface area contributed by atoms with E-state index in [1.165, 1.54) is 12.1 Å². The maximum Gasteiger partial charge on any atom is 0.266 e. The van der Waals surface area contributed by atoms with Crippen LogP contribution >= 0.6 is 15.9 Å². The Morgan fingerprint density at radius 1 is 1.19 bits per heavy atom. The number of anilines is 1. The van der Waals surface area contributed by atoms with E-state index in [0.29, 0.717) is 18.1 Å². The van der Waals surface area contributed by atoms with Crippen molar-refractivity contribution in [1.82, 2.24) is 9.78 Å². The molecule has 134 valence electrons. The number of nitrogens with zero attached hydrogens (tertiary/aromatic N) is 2. The molecule has 0 saturated heterocycles. The summed E-state index contributed by atoms with van der Waals surface area (Å²) in [7, 11) is 0. The van der Waals surface area contributed by atoms with Crippen molar-refractivity contribution < 1.29 is 13.9 Å². The molecule has 26 heavy (non-hydrogen) atoms. The van der Waals surface area contributed by atoms with Gasteiger partial charge in [-0.05, 0) is 48.9 Å². The zero-order valence-corrected chi connectivity index (χ0v) is 15.6. The molecule has 0 fully saturated rings. The first kappa shape index (κ1) is 18.1. The molecule has 1 N–H and O–H groups in total. The Morgan fingerprint density at radius 3 is 2.58 bits per heavy atom. The highest BCUT2D eigenvalue weighted by molar-refractivity contribution is 9.10. The molecule has 5 nitrogen and oxygen atoms in total. The second-order valence-electron chi connectivity index (χ2n) is 5.73. The van der Waals surface area contributed by atoms with E-state index >= 15 is 0 Å². The first-order valence-electron chi connectivity index (χ1n) is 8.00. The Hall–Kier alpha value is -2.67. The zero-order valence-electron chi connectivity index (χ0n) is 14.0. The molecule has 0 aliphatic rings. The van der Waals surface area contributed by atoms with Crippen LogP contribution in [0, 0.1) is 5.82 Å². The summed E-state index contributed by atoms with van der Waals surface area (Å²) >= 11 is 3.35. The number of carbonyl (C=O) groups excluding carboxylic acids is 1. The molecule has 1 heterocycles. The maximum absolute atomic E-state index is 12.9. The van der Waals surface area contributed by atoms with Gasteiger partial charge < -0.3 is 10.1 Å². The smallest absolute Gasteiger partial charge is 0.266 e. The van der Waals surface area contributed by atoms with Gasteiger partial charge in [0.2, 0.25) is 0 Å². The van der Waals surface area contributed by atoms with Crippen molar-refractivity contribution in [2.45, 2.75) is 19.6 Å².